The summed E-state index contributed by atoms with van der Waals surface area (Å²) in [5.74, 6) is -0.350. The number of ether oxygens (including phenoxy) is 3. The van der Waals surface area contributed by atoms with Crippen LogP contribution in [-0.4, -0.2) is 94.7 Å². The van der Waals surface area contributed by atoms with Crippen LogP contribution < -0.4 is 19.7 Å². The van der Waals surface area contributed by atoms with Gasteiger partial charge in [0.15, 0.2) is 5.82 Å². The second kappa shape index (κ2) is 10.6. The van der Waals surface area contributed by atoms with Gasteiger partial charge in [-0.25, -0.2) is 13.8 Å². The molecule has 10 rings (SSSR count). The van der Waals surface area contributed by atoms with Crippen molar-refractivity contribution >= 4 is 27.5 Å². The number of aryl methyl sites for hydroxylation is 1. The van der Waals surface area contributed by atoms with E-state index in [0.29, 0.717) is 71.9 Å². The van der Waals surface area contributed by atoms with Crippen LogP contribution in [0, 0.1) is 17.0 Å². The van der Waals surface area contributed by atoms with Gasteiger partial charge in [0.05, 0.1) is 25.4 Å². The Hall–Kier alpha value is -3.87. The predicted molar refractivity (Wildman–Crippen MR) is 175 cm³/mol. The van der Waals surface area contributed by atoms with E-state index in [1.165, 1.54) is 12.1 Å². The molecule has 6 aliphatic rings. The van der Waals surface area contributed by atoms with Gasteiger partial charge in [-0.15, -0.1) is 0 Å². The van der Waals surface area contributed by atoms with Crippen molar-refractivity contribution in [3.8, 4) is 28.9 Å². The summed E-state index contributed by atoms with van der Waals surface area (Å²) in [5, 5.41) is 15.9. The third-order valence-electron chi connectivity index (χ3n) is 11.7. The molecule has 2 aromatic heterocycles. The average Bonchev–Trinajstić information content (AvgIpc) is 3.35. The van der Waals surface area contributed by atoms with Crippen LogP contribution in [0.3, 0.4) is 0 Å². The van der Waals surface area contributed by atoms with Crippen LogP contribution in [0.1, 0.15) is 44.6 Å². The molecule has 5 unspecified atom stereocenters. The van der Waals surface area contributed by atoms with Crippen molar-refractivity contribution in [1.29, 1.82) is 0 Å². The smallest absolute Gasteiger partial charge is 0.319 e. The summed E-state index contributed by atoms with van der Waals surface area (Å²) >= 11 is 0. The second-order valence-corrected chi connectivity index (χ2v) is 14.7. The maximum atomic E-state index is 17.1. The highest BCUT2D eigenvalue weighted by molar-refractivity contribution is 6.03. The van der Waals surface area contributed by atoms with Crippen LogP contribution in [0.15, 0.2) is 24.3 Å². The minimum Gasteiger partial charge on any atom is -0.508 e. The predicted octanol–water partition coefficient (Wildman–Crippen LogP) is 4.72. The molecule has 1 saturated carbocycles. The van der Waals surface area contributed by atoms with Gasteiger partial charge in [-0.1, -0.05) is 13.0 Å². The Morgan fingerprint density at radius 3 is 2.77 bits per heavy atom. The molecule has 2 N–H and O–H groups in total. The van der Waals surface area contributed by atoms with Gasteiger partial charge in [0.25, 0.3) is 0 Å². The normalized spacial score (nSPS) is 28.1. The Bertz CT molecular complexity index is 1990. The molecule has 1 aliphatic carbocycles. The van der Waals surface area contributed by atoms with Gasteiger partial charge < -0.3 is 29.5 Å². The molecule has 48 heavy (non-hydrogen) atoms. The maximum Gasteiger partial charge on any atom is 0.319 e. The summed E-state index contributed by atoms with van der Waals surface area (Å²) in [6.07, 6.45) is 6.01. The number of nitrogens with one attached hydrogen (secondary N) is 1. The number of hydrogen-bond acceptors (Lipinski definition) is 10. The third-order valence-corrected chi connectivity index (χ3v) is 11.7. The van der Waals surface area contributed by atoms with Crippen LogP contribution in [0.5, 0.6) is 17.6 Å². The number of phenolic OH excluding ortho intramolecular Hbond substituents is 1. The number of benzene rings is 2. The number of likely N-dealkylation sites (tertiary alicyclic amines) is 1. The van der Waals surface area contributed by atoms with Crippen molar-refractivity contribution in [2.45, 2.75) is 75.7 Å². The molecule has 4 bridgehead atoms. The van der Waals surface area contributed by atoms with Crippen LogP contribution in [0.4, 0.5) is 14.6 Å². The van der Waals surface area contributed by atoms with Gasteiger partial charge in [0.1, 0.15) is 40.6 Å². The van der Waals surface area contributed by atoms with Crippen LogP contribution in [0.25, 0.3) is 32.9 Å². The minimum atomic E-state index is -0.685. The highest BCUT2D eigenvalue weighted by Gasteiger charge is 2.50. The lowest BCUT2D eigenvalue weighted by molar-refractivity contribution is 0.0176. The Kier molecular flexibility index (Phi) is 6.40. The zero-order chi connectivity index (χ0) is 32.3. The number of fused-ring (bicyclic) bond motifs is 8. The quantitative estimate of drug-likeness (QED) is 0.290. The van der Waals surface area contributed by atoms with E-state index in [4.69, 9.17) is 29.2 Å². The second-order valence-electron chi connectivity index (χ2n) is 14.7. The first kappa shape index (κ1) is 29.1. The monoisotopic (exact) mass is 656 g/mol. The van der Waals surface area contributed by atoms with Gasteiger partial charge >= 0.3 is 6.01 Å². The first-order valence-corrected chi connectivity index (χ1v) is 17.4. The zero-order valence-electron chi connectivity index (χ0n) is 26.8. The number of aromatic hydroxyl groups is 1. The number of rotatable bonds is 7. The molecule has 5 atom stereocenters. The Morgan fingerprint density at radius 2 is 1.98 bits per heavy atom. The number of halogens is 2. The van der Waals surface area contributed by atoms with Gasteiger partial charge in [-0.3, -0.25) is 4.90 Å². The SMILES string of the molecule is CCc1c(F)ccc2cc(O)cc(-c3nc4c5c(nc(OCC6(CN7CC8CC7CO8)CC6)nc5c3F)N3CC5CCC(N5)C3CO4)c12. The van der Waals surface area contributed by atoms with E-state index >= 15 is 8.78 Å². The summed E-state index contributed by atoms with van der Waals surface area (Å²) < 4.78 is 50.9. The van der Waals surface area contributed by atoms with Crippen molar-refractivity contribution in [2.24, 2.45) is 5.41 Å². The molecule has 2 aromatic carbocycles. The van der Waals surface area contributed by atoms with E-state index in [1.807, 2.05) is 6.92 Å². The molecular weight excluding hydrogens is 618 g/mol. The van der Waals surface area contributed by atoms with E-state index in [2.05, 4.69) is 15.1 Å². The Labute approximate surface area is 276 Å². The average molecular weight is 657 g/mol. The number of hydrogen-bond donors (Lipinski definition) is 2. The van der Waals surface area contributed by atoms with E-state index in [-0.39, 0.29) is 51.9 Å². The third kappa shape index (κ3) is 4.48. The number of phenols is 1. The number of aromatic nitrogens is 3. The molecule has 12 heteroatoms. The van der Waals surface area contributed by atoms with E-state index in [0.717, 1.165) is 51.8 Å². The summed E-state index contributed by atoms with van der Waals surface area (Å²) in [6.45, 7) is 6.06. The van der Waals surface area contributed by atoms with E-state index < -0.39 is 11.6 Å². The van der Waals surface area contributed by atoms with Gasteiger partial charge in [0, 0.05) is 48.7 Å². The molecule has 4 aromatic rings. The molecule has 5 aliphatic heterocycles. The fraction of sp³-hybridized carbons (Fsp3) is 0.528. The van der Waals surface area contributed by atoms with Crippen LogP contribution in [0.2, 0.25) is 0 Å². The molecule has 0 spiro atoms. The topological polar surface area (TPSA) is 105 Å². The highest BCUT2D eigenvalue weighted by Crippen LogP contribution is 2.49. The first-order chi connectivity index (χ1) is 23.4. The molecule has 4 saturated heterocycles. The summed E-state index contributed by atoms with van der Waals surface area (Å²) in [6, 6.07) is 7.06. The molecule has 0 radical (unpaired) electrons. The van der Waals surface area contributed by atoms with Crippen molar-refractivity contribution in [1.82, 2.24) is 25.2 Å². The van der Waals surface area contributed by atoms with Gasteiger partial charge in [0.2, 0.25) is 5.88 Å². The van der Waals surface area contributed by atoms with Crippen molar-refractivity contribution in [3.05, 3.63) is 41.5 Å². The number of nitrogens with zero attached hydrogens (tertiary/aromatic N) is 5. The van der Waals surface area contributed by atoms with E-state index in [9.17, 15) is 5.11 Å². The summed E-state index contributed by atoms with van der Waals surface area (Å²) in [4.78, 5) is 19.2. The molecule has 0 amide bonds. The molecule has 10 nitrogen and oxygen atoms in total. The van der Waals surface area contributed by atoms with Crippen molar-refractivity contribution < 1.29 is 28.1 Å². The largest absolute Gasteiger partial charge is 0.508 e. The summed E-state index contributed by atoms with van der Waals surface area (Å²) in [7, 11) is 0. The fourth-order valence-corrected chi connectivity index (χ4v) is 9.04. The lowest BCUT2D eigenvalue weighted by Crippen LogP contribution is -2.60. The van der Waals surface area contributed by atoms with Gasteiger partial charge in [-0.05, 0) is 73.1 Å². The van der Waals surface area contributed by atoms with Crippen LogP contribution >= 0.6 is 0 Å². The lowest BCUT2D eigenvalue weighted by Gasteiger charge is -2.40. The molecular formula is C36H38F2N6O4. The molecule has 250 valence electrons. The molecule has 7 heterocycles. The zero-order valence-corrected chi connectivity index (χ0v) is 26.8. The first-order valence-electron chi connectivity index (χ1n) is 17.4. The number of pyridine rings is 1. The highest BCUT2D eigenvalue weighted by atomic mass is 19.1. The standard InChI is InChI=1S/C36H38F2N6O4/c1-2-23-25(37)5-3-18-9-21(45)11-24(28(18)23)31-30(38)32-29-33(44-12-19-4-6-26(39-19)27(44)15-47-34(29)40-31)42-35(41-32)48-17-36(7-8-36)16-43-13-22-10-20(43)14-46-22/h3,5,9,11,19-20,22,26-27,39,45H,2,4,6-8,10,12-17H2,1H3. The number of anilines is 1. The maximum absolute atomic E-state index is 17.1. The Morgan fingerprint density at radius 1 is 1.08 bits per heavy atom. The Balaban J connectivity index is 1.11. The summed E-state index contributed by atoms with van der Waals surface area (Å²) in [5.41, 5.74) is 0.719. The molecule has 5 fully saturated rings. The van der Waals surface area contributed by atoms with Gasteiger partial charge in [-0.2, -0.15) is 9.97 Å². The minimum absolute atomic E-state index is 0.0188. The lowest BCUT2D eigenvalue weighted by atomic mass is 9.94. The van der Waals surface area contributed by atoms with Crippen LogP contribution in [-0.2, 0) is 11.2 Å². The number of piperazine rings is 1. The van der Waals surface area contributed by atoms with Crippen molar-refractivity contribution in [3.63, 3.8) is 0 Å². The number of morpholine rings is 1. The van der Waals surface area contributed by atoms with E-state index in [1.54, 1.807) is 12.1 Å². The van der Waals surface area contributed by atoms with Crippen molar-refractivity contribution in [2.75, 3.05) is 44.4 Å². The fourth-order valence-electron chi connectivity index (χ4n) is 9.04.